The molecule has 0 saturated heterocycles. The number of carboxylic acid groups (broad SMARTS) is 1. The lowest BCUT2D eigenvalue weighted by Crippen LogP contribution is -2.17. The highest BCUT2D eigenvalue weighted by atomic mass is 35.5. The highest BCUT2D eigenvalue weighted by Crippen LogP contribution is 2.29. The van der Waals surface area contributed by atoms with Crippen LogP contribution in [0.15, 0.2) is 24.4 Å². The van der Waals surface area contributed by atoms with Crippen LogP contribution in [0.2, 0.25) is 0 Å². The fourth-order valence-electron chi connectivity index (χ4n) is 2.26. The Balaban J connectivity index is 0.00000264. The SMILES string of the molecule is COc1ccc2ncc(C(=O)O)c(NCCCN(C)C)c2c1.Cl. The number of ether oxygens (including phenoxy) is 1. The average Bonchev–Trinajstić information content (AvgIpc) is 2.50. The van der Waals surface area contributed by atoms with Crippen molar-refractivity contribution in [3.05, 3.63) is 30.0 Å². The number of methoxy groups -OCH3 is 1. The Morgan fingerprint density at radius 3 is 2.74 bits per heavy atom. The number of benzene rings is 1. The molecule has 1 heterocycles. The van der Waals surface area contributed by atoms with Gasteiger partial charge in [0.05, 0.1) is 18.3 Å². The summed E-state index contributed by atoms with van der Waals surface area (Å²) in [6.07, 6.45) is 2.31. The van der Waals surface area contributed by atoms with Gasteiger partial charge in [0.1, 0.15) is 11.3 Å². The fraction of sp³-hybridized carbons (Fsp3) is 0.375. The maximum Gasteiger partial charge on any atom is 0.339 e. The van der Waals surface area contributed by atoms with Crippen molar-refractivity contribution < 1.29 is 14.6 Å². The van der Waals surface area contributed by atoms with Crippen LogP contribution in [0.25, 0.3) is 10.9 Å². The molecule has 1 aromatic heterocycles. The molecule has 0 saturated carbocycles. The molecule has 7 heteroatoms. The van der Waals surface area contributed by atoms with Crippen LogP contribution in [0.4, 0.5) is 5.69 Å². The van der Waals surface area contributed by atoms with E-state index in [4.69, 9.17) is 4.74 Å². The monoisotopic (exact) mass is 339 g/mol. The van der Waals surface area contributed by atoms with Gasteiger partial charge >= 0.3 is 5.97 Å². The Morgan fingerprint density at radius 2 is 2.13 bits per heavy atom. The van der Waals surface area contributed by atoms with Gasteiger partial charge in [-0.15, -0.1) is 12.4 Å². The van der Waals surface area contributed by atoms with Gasteiger partial charge < -0.3 is 20.1 Å². The quantitative estimate of drug-likeness (QED) is 0.755. The van der Waals surface area contributed by atoms with E-state index in [9.17, 15) is 9.90 Å². The van der Waals surface area contributed by atoms with E-state index >= 15 is 0 Å². The third-order valence-corrected chi connectivity index (χ3v) is 3.39. The van der Waals surface area contributed by atoms with Crippen molar-refractivity contribution in [3.8, 4) is 5.75 Å². The summed E-state index contributed by atoms with van der Waals surface area (Å²) in [6, 6.07) is 5.44. The van der Waals surface area contributed by atoms with Crippen molar-refractivity contribution in [1.82, 2.24) is 9.88 Å². The predicted molar refractivity (Wildman–Crippen MR) is 94.2 cm³/mol. The third kappa shape index (κ3) is 4.71. The minimum Gasteiger partial charge on any atom is -0.497 e. The van der Waals surface area contributed by atoms with Crippen molar-refractivity contribution >= 4 is 35.0 Å². The predicted octanol–water partition coefficient (Wildman–Crippen LogP) is 2.73. The number of rotatable bonds is 7. The van der Waals surface area contributed by atoms with Gasteiger partial charge in [0.2, 0.25) is 0 Å². The summed E-state index contributed by atoms with van der Waals surface area (Å²) in [6.45, 7) is 1.62. The topological polar surface area (TPSA) is 74.7 Å². The Bertz CT molecular complexity index is 677. The van der Waals surface area contributed by atoms with Gasteiger partial charge in [-0.25, -0.2) is 4.79 Å². The summed E-state index contributed by atoms with van der Waals surface area (Å²) in [5.74, 6) is -0.319. The van der Waals surface area contributed by atoms with Crippen LogP contribution in [0.3, 0.4) is 0 Å². The molecular formula is C16H22ClN3O3. The van der Waals surface area contributed by atoms with Crippen molar-refractivity contribution in [3.63, 3.8) is 0 Å². The summed E-state index contributed by atoms with van der Waals surface area (Å²) < 4.78 is 5.23. The van der Waals surface area contributed by atoms with E-state index in [1.807, 2.05) is 32.3 Å². The molecule has 23 heavy (non-hydrogen) atoms. The van der Waals surface area contributed by atoms with Crippen molar-refractivity contribution in [2.45, 2.75) is 6.42 Å². The van der Waals surface area contributed by atoms with Gasteiger partial charge in [0, 0.05) is 18.1 Å². The van der Waals surface area contributed by atoms with Gasteiger partial charge in [0.15, 0.2) is 0 Å². The van der Waals surface area contributed by atoms with Gasteiger partial charge in [-0.05, 0) is 45.3 Å². The first-order chi connectivity index (χ1) is 10.5. The molecule has 0 spiro atoms. The first-order valence-electron chi connectivity index (χ1n) is 7.11. The number of pyridine rings is 1. The number of nitrogens with zero attached hydrogens (tertiary/aromatic N) is 2. The molecule has 126 valence electrons. The Kier molecular flexibility index (Phi) is 7.06. The number of fused-ring (bicyclic) bond motifs is 1. The normalized spacial score (nSPS) is 10.4. The molecule has 0 aliphatic heterocycles. The summed E-state index contributed by atoms with van der Waals surface area (Å²) in [5, 5.41) is 13.4. The molecule has 0 radical (unpaired) electrons. The summed E-state index contributed by atoms with van der Waals surface area (Å²) in [5.41, 5.74) is 1.50. The Morgan fingerprint density at radius 1 is 1.39 bits per heavy atom. The minimum atomic E-state index is -0.993. The first kappa shape index (κ1) is 19.0. The Labute approximate surface area is 141 Å². The molecule has 0 bridgehead atoms. The van der Waals surface area contributed by atoms with Crippen molar-refractivity contribution in [2.24, 2.45) is 0 Å². The lowest BCUT2D eigenvalue weighted by atomic mass is 10.1. The van der Waals surface area contributed by atoms with E-state index in [1.165, 1.54) is 6.20 Å². The fourth-order valence-corrected chi connectivity index (χ4v) is 2.26. The molecule has 0 unspecified atom stereocenters. The van der Waals surface area contributed by atoms with E-state index in [0.717, 1.165) is 23.9 Å². The number of aromatic carboxylic acids is 1. The second kappa shape index (κ2) is 8.55. The van der Waals surface area contributed by atoms with E-state index in [2.05, 4.69) is 15.2 Å². The maximum atomic E-state index is 11.4. The van der Waals surface area contributed by atoms with Crippen LogP contribution in [0.5, 0.6) is 5.75 Å². The van der Waals surface area contributed by atoms with Crippen LogP contribution in [-0.4, -0.2) is 55.3 Å². The van der Waals surface area contributed by atoms with E-state index in [0.29, 0.717) is 18.0 Å². The van der Waals surface area contributed by atoms with Crippen LogP contribution in [0.1, 0.15) is 16.8 Å². The van der Waals surface area contributed by atoms with Crippen molar-refractivity contribution in [1.29, 1.82) is 0 Å². The Hall–Kier alpha value is -2.05. The first-order valence-corrected chi connectivity index (χ1v) is 7.11. The number of hydrogen-bond acceptors (Lipinski definition) is 5. The molecule has 1 aromatic carbocycles. The van der Waals surface area contributed by atoms with Crippen LogP contribution in [-0.2, 0) is 0 Å². The molecule has 2 N–H and O–H groups in total. The highest BCUT2D eigenvalue weighted by Gasteiger charge is 2.15. The number of nitrogens with one attached hydrogen (secondary N) is 1. The van der Waals surface area contributed by atoms with Gasteiger partial charge in [0.25, 0.3) is 0 Å². The zero-order valence-electron chi connectivity index (χ0n) is 13.5. The molecule has 0 amide bonds. The molecule has 6 nitrogen and oxygen atoms in total. The van der Waals surface area contributed by atoms with Gasteiger partial charge in [-0.2, -0.15) is 0 Å². The van der Waals surface area contributed by atoms with Gasteiger partial charge in [-0.1, -0.05) is 0 Å². The van der Waals surface area contributed by atoms with Crippen LogP contribution in [0, 0.1) is 0 Å². The average molecular weight is 340 g/mol. The number of halogens is 1. The summed E-state index contributed by atoms with van der Waals surface area (Å²) in [7, 11) is 5.60. The van der Waals surface area contributed by atoms with E-state index < -0.39 is 5.97 Å². The zero-order chi connectivity index (χ0) is 16.1. The highest BCUT2D eigenvalue weighted by molar-refractivity contribution is 6.04. The minimum absolute atomic E-state index is 0. The molecule has 2 rings (SSSR count). The lowest BCUT2D eigenvalue weighted by Gasteiger charge is -2.14. The molecule has 0 aliphatic carbocycles. The van der Waals surface area contributed by atoms with Gasteiger partial charge in [-0.3, -0.25) is 4.98 Å². The number of anilines is 1. The maximum absolute atomic E-state index is 11.4. The largest absolute Gasteiger partial charge is 0.497 e. The lowest BCUT2D eigenvalue weighted by molar-refractivity contribution is 0.0697. The third-order valence-electron chi connectivity index (χ3n) is 3.39. The standard InChI is InChI=1S/C16H21N3O3.ClH/c1-19(2)8-4-7-17-15-12-9-11(22-3)5-6-14(12)18-10-13(15)16(20)21;/h5-6,9-10H,4,7-8H2,1-3H3,(H,17,18)(H,20,21);1H. The second-order valence-electron chi connectivity index (χ2n) is 5.32. The number of carbonyl (C=O) groups is 1. The number of carboxylic acids is 1. The zero-order valence-corrected chi connectivity index (χ0v) is 14.3. The van der Waals surface area contributed by atoms with Crippen LogP contribution >= 0.6 is 12.4 Å². The van der Waals surface area contributed by atoms with Crippen LogP contribution < -0.4 is 10.1 Å². The molecule has 0 atom stereocenters. The second-order valence-corrected chi connectivity index (χ2v) is 5.32. The summed E-state index contributed by atoms with van der Waals surface area (Å²) >= 11 is 0. The number of hydrogen-bond donors (Lipinski definition) is 2. The summed E-state index contributed by atoms with van der Waals surface area (Å²) in [4.78, 5) is 17.7. The molecular weight excluding hydrogens is 318 g/mol. The molecule has 0 fully saturated rings. The van der Waals surface area contributed by atoms with E-state index in [-0.39, 0.29) is 18.0 Å². The number of aromatic nitrogens is 1. The van der Waals surface area contributed by atoms with E-state index in [1.54, 1.807) is 7.11 Å². The smallest absolute Gasteiger partial charge is 0.339 e. The molecule has 2 aromatic rings. The molecule has 0 aliphatic rings. The van der Waals surface area contributed by atoms with Crippen molar-refractivity contribution in [2.75, 3.05) is 39.6 Å².